The molecule has 0 saturated carbocycles. The first-order valence-corrected chi connectivity index (χ1v) is 14.4. The second-order valence-electron chi connectivity index (χ2n) is 8.90. The van der Waals surface area contributed by atoms with Gasteiger partial charge in [0.15, 0.2) is 23.9 Å². The van der Waals surface area contributed by atoms with Gasteiger partial charge in [-0.25, -0.2) is 4.79 Å². The molecule has 0 bridgehead atoms. The number of benzene rings is 3. The Bertz CT molecular complexity index is 1580. The van der Waals surface area contributed by atoms with Gasteiger partial charge in [-0.1, -0.05) is 83.5 Å². The molecule has 0 amide bonds. The molecule has 0 spiro atoms. The second kappa shape index (κ2) is 13.9. The van der Waals surface area contributed by atoms with Crippen molar-refractivity contribution in [3.8, 4) is 34.8 Å². The van der Waals surface area contributed by atoms with Crippen molar-refractivity contribution in [1.29, 1.82) is 5.26 Å². The topological polar surface area (TPSA) is 113 Å². The van der Waals surface area contributed by atoms with Crippen LogP contribution < -0.4 is 29.4 Å². The maximum absolute atomic E-state index is 12.6. The lowest BCUT2D eigenvalue weighted by Gasteiger charge is -2.27. The highest BCUT2D eigenvalue weighted by Gasteiger charge is 2.32. The van der Waals surface area contributed by atoms with Crippen molar-refractivity contribution in [2.75, 3.05) is 20.3 Å². The number of carbonyl (C=O) groups is 1. The number of hydrogen-bond donors (Lipinski definition) is 1. The highest BCUT2D eigenvalue weighted by Crippen LogP contribution is 2.48. The SMILES string of the molecule is CCCCOc1ccc(C2C(C#N)=C(N)Oc3cc(OC(=O)COc4c(Cl)c(Cl)c(Cl)c(Cl)c4Cl)ccc32)cc1OC. The minimum Gasteiger partial charge on any atom is -0.493 e. The lowest BCUT2D eigenvalue weighted by Crippen LogP contribution is -2.22. The number of hydrogen-bond acceptors (Lipinski definition) is 8. The van der Waals surface area contributed by atoms with Crippen LogP contribution in [0.25, 0.3) is 0 Å². The number of ether oxygens (including phenoxy) is 5. The van der Waals surface area contributed by atoms with Crippen LogP contribution in [0.2, 0.25) is 25.1 Å². The number of nitrogens with zero attached hydrogens (tertiary/aromatic N) is 1. The molecule has 220 valence electrons. The van der Waals surface area contributed by atoms with E-state index in [1.165, 1.54) is 6.07 Å². The molecule has 13 heteroatoms. The molecule has 0 saturated heterocycles. The van der Waals surface area contributed by atoms with Gasteiger partial charge >= 0.3 is 5.97 Å². The van der Waals surface area contributed by atoms with E-state index in [1.807, 2.05) is 6.07 Å². The van der Waals surface area contributed by atoms with E-state index in [0.29, 0.717) is 29.4 Å². The quantitative estimate of drug-likeness (QED) is 0.0752. The lowest BCUT2D eigenvalue weighted by atomic mass is 9.83. The first-order valence-electron chi connectivity index (χ1n) is 12.5. The minimum absolute atomic E-state index is 0.0433. The number of unbranched alkanes of at least 4 members (excludes halogenated alkanes) is 1. The number of nitrogens with two attached hydrogens (primary N) is 1. The van der Waals surface area contributed by atoms with E-state index < -0.39 is 18.5 Å². The lowest BCUT2D eigenvalue weighted by molar-refractivity contribution is -0.136. The summed E-state index contributed by atoms with van der Waals surface area (Å²) in [6, 6.07) is 12.3. The average Bonchev–Trinajstić information content (AvgIpc) is 2.98. The second-order valence-corrected chi connectivity index (χ2v) is 10.8. The molecule has 4 rings (SSSR count). The predicted octanol–water partition coefficient (Wildman–Crippen LogP) is 8.34. The Morgan fingerprint density at radius 1 is 0.976 bits per heavy atom. The third kappa shape index (κ3) is 6.56. The Labute approximate surface area is 267 Å². The van der Waals surface area contributed by atoms with Crippen LogP contribution in [0.4, 0.5) is 0 Å². The van der Waals surface area contributed by atoms with Gasteiger partial charge in [-0.2, -0.15) is 5.26 Å². The minimum atomic E-state index is -0.790. The number of methoxy groups -OCH3 is 1. The molecule has 1 atom stereocenters. The fraction of sp³-hybridized carbons (Fsp3) is 0.241. The monoisotopic (exact) mass is 670 g/mol. The molecule has 8 nitrogen and oxygen atoms in total. The van der Waals surface area contributed by atoms with E-state index in [2.05, 4.69) is 13.0 Å². The summed E-state index contributed by atoms with van der Waals surface area (Å²) in [7, 11) is 1.54. The van der Waals surface area contributed by atoms with Crippen LogP contribution in [0.15, 0.2) is 47.9 Å². The van der Waals surface area contributed by atoms with Gasteiger partial charge in [0.25, 0.3) is 0 Å². The predicted molar refractivity (Wildman–Crippen MR) is 162 cm³/mol. The highest BCUT2D eigenvalue weighted by atomic mass is 35.5. The summed E-state index contributed by atoms with van der Waals surface area (Å²) in [5.74, 6) is -0.0249. The van der Waals surface area contributed by atoms with Crippen molar-refractivity contribution < 1.29 is 28.5 Å². The Morgan fingerprint density at radius 2 is 1.67 bits per heavy atom. The van der Waals surface area contributed by atoms with Gasteiger partial charge in [0.05, 0.1) is 34.7 Å². The number of nitriles is 1. The normalized spacial score (nSPS) is 14.0. The highest BCUT2D eigenvalue weighted by molar-refractivity contribution is 6.55. The van der Waals surface area contributed by atoms with Crippen LogP contribution in [-0.2, 0) is 4.79 Å². The smallest absolute Gasteiger partial charge is 0.349 e. The van der Waals surface area contributed by atoms with E-state index in [4.69, 9.17) is 87.4 Å². The number of allylic oxidation sites excluding steroid dienone is 1. The Balaban J connectivity index is 1.56. The summed E-state index contributed by atoms with van der Waals surface area (Å²) in [6.45, 7) is 2.05. The van der Waals surface area contributed by atoms with Crippen molar-refractivity contribution in [2.45, 2.75) is 25.7 Å². The van der Waals surface area contributed by atoms with E-state index in [-0.39, 0.29) is 48.1 Å². The Morgan fingerprint density at radius 3 is 2.31 bits per heavy atom. The van der Waals surface area contributed by atoms with Crippen LogP contribution in [0.1, 0.15) is 36.8 Å². The van der Waals surface area contributed by atoms with E-state index in [0.717, 1.165) is 18.4 Å². The molecular weight excluding hydrogens is 650 g/mol. The Kier molecular flexibility index (Phi) is 10.5. The fourth-order valence-electron chi connectivity index (χ4n) is 4.16. The number of fused-ring (bicyclic) bond motifs is 1. The van der Waals surface area contributed by atoms with Crippen molar-refractivity contribution in [3.63, 3.8) is 0 Å². The van der Waals surface area contributed by atoms with Crippen LogP contribution in [0, 0.1) is 11.3 Å². The molecule has 0 aromatic heterocycles. The van der Waals surface area contributed by atoms with E-state index in [9.17, 15) is 10.1 Å². The molecule has 0 radical (unpaired) electrons. The zero-order valence-electron chi connectivity index (χ0n) is 22.2. The third-order valence-corrected chi connectivity index (χ3v) is 8.44. The Hall–Kier alpha value is -3.19. The summed E-state index contributed by atoms with van der Waals surface area (Å²) >= 11 is 30.4. The summed E-state index contributed by atoms with van der Waals surface area (Å²) in [6.07, 6.45) is 1.90. The number of esters is 1. The van der Waals surface area contributed by atoms with Gasteiger partial charge in [-0.05, 0) is 30.2 Å². The first kappa shape index (κ1) is 31.7. The zero-order valence-corrected chi connectivity index (χ0v) is 26.0. The van der Waals surface area contributed by atoms with Crippen molar-refractivity contribution >= 4 is 64.0 Å². The molecule has 0 aliphatic carbocycles. The summed E-state index contributed by atoms with van der Waals surface area (Å²) in [5.41, 5.74) is 7.71. The van der Waals surface area contributed by atoms with Crippen molar-refractivity contribution in [3.05, 3.63) is 84.1 Å². The molecule has 1 unspecified atom stereocenters. The molecule has 1 aliphatic rings. The molecule has 3 aromatic rings. The summed E-state index contributed by atoms with van der Waals surface area (Å²) < 4.78 is 28.0. The standard InChI is InChI=1S/C29H23Cl5N2O6/c1-3-4-9-39-18-8-5-14(10-20(18)38-2)22-16-7-6-15(11-19(16)42-29(36)17(22)12-35)41-21(37)13-40-28-26(33)24(31)23(30)25(32)27(28)34/h5-8,10-11,22H,3-4,9,13,36H2,1-2H3. The summed E-state index contributed by atoms with van der Waals surface area (Å²) in [5, 5.41) is 9.51. The molecule has 1 aliphatic heterocycles. The van der Waals surface area contributed by atoms with Crippen LogP contribution >= 0.6 is 58.0 Å². The average molecular weight is 673 g/mol. The maximum atomic E-state index is 12.6. The molecule has 42 heavy (non-hydrogen) atoms. The molecule has 3 aromatic carbocycles. The fourth-order valence-corrected chi connectivity index (χ4v) is 5.39. The van der Waals surface area contributed by atoms with Crippen LogP contribution in [-0.4, -0.2) is 26.3 Å². The molecular formula is C29H23Cl5N2O6. The van der Waals surface area contributed by atoms with E-state index >= 15 is 0 Å². The maximum Gasteiger partial charge on any atom is 0.349 e. The molecule has 0 fully saturated rings. The van der Waals surface area contributed by atoms with Crippen molar-refractivity contribution in [1.82, 2.24) is 0 Å². The molecule has 1 heterocycles. The van der Waals surface area contributed by atoms with Gasteiger partial charge in [0.2, 0.25) is 5.88 Å². The number of rotatable bonds is 10. The van der Waals surface area contributed by atoms with E-state index in [1.54, 1.807) is 31.4 Å². The van der Waals surface area contributed by atoms with Gasteiger partial charge in [-0.15, -0.1) is 0 Å². The van der Waals surface area contributed by atoms with Gasteiger partial charge in [0.1, 0.15) is 33.2 Å². The summed E-state index contributed by atoms with van der Waals surface area (Å²) in [4.78, 5) is 12.6. The first-order chi connectivity index (χ1) is 20.1. The number of halogens is 5. The third-order valence-electron chi connectivity index (χ3n) is 6.20. The van der Waals surface area contributed by atoms with Gasteiger partial charge in [0, 0.05) is 11.6 Å². The largest absolute Gasteiger partial charge is 0.493 e. The van der Waals surface area contributed by atoms with Crippen LogP contribution in [0.5, 0.6) is 28.7 Å². The number of carbonyl (C=O) groups excluding carboxylic acids is 1. The van der Waals surface area contributed by atoms with Crippen molar-refractivity contribution in [2.24, 2.45) is 5.73 Å². The zero-order chi connectivity index (χ0) is 30.6. The molecule has 2 N–H and O–H groups in total. The van der Waals surface area contributed by atoms with Crippen LogP contribution in [0.3, 0.4) is 0 Å². The van der Waals surface area contributed by atoms with Gasteiger partial charge in [-0.3, -0.25) is 0 Å². The van der Waals surface area contributed by atoms with Gasteiger partial charge < -0.3 is 29.4 Å².